The van der Waals surface area contributed by atoms with Gasteiger partial charge in [0, 0.05) is 5.69 Å². The SMILES string of the molecule is O=C(NNC(=O)C(O)C1CC1)c1ccccc1Nc1ccc(C(F)(F)F)cc1. The molecule has 0 spiro atoms. The molecule has 0 bridgehead atoms. The number of carbonyl (C=O) groups is 2. The quantitative estimate of drug-likeness (QED) is 0.588. The van der Waals surface area contributed by atoms with Crippen LogP contribution in [0.1, 0.15) is 28.8 Å². The van der Waals surface area contributed by atoms with E-state index in [0.717, 1.165) is 25.0 Å². The molecule has 28 heavy (non-hydrogen) atoms. The number of amides is 2. The van der Waals surface area contributed by atoms with Crippen LogP contribution >= 0.6 is 0 Å². The van der Waals surface area contributed by atoms with E-state index >= 15 is 0 Å². The summed E-state index contributed by atoms with van der Waals surface area (Å²) < 4.78 is 38.0. The van der Waals surface area contributed by atoms with Crippen molar-refractivity contribution in [2.24, 2.45) is 5.92 Å². The average Bonchev–Trinajstić information content (AvgIpc) is 3.50. The van der Waals surface area contributed by atoms with Crippen LogP contribution in [0.15, 0.2) is 48.5 Å². The highest BCUT2D eigenvalue weighted by atomic mass is 19.4. The standard InChI is InChI=1S/C19H18F3N3O3/c20-19(21,22)12-7-9-13(10-8-12)23-15-4-2-1-3-14(15)17(27)24-25-18(28)16(26)11-5-6-11/h1-4,7-11,16,23,26H,5-6H2,(H,24,27)(H,25,28). The van der Waals surface area contributed by atoms with Crippen molar-refractivity contribution in [2.75, 3.05) is 5.32 Å². The van der Waals surface area contributed by atoms with Gasteiger partial charge in [-0.2, -0.15) is 13.2 Å². The molecular formula is C19H18F3N3O3. The Bertz CT molecular complexity index is 865. The lowest BCUT2D eigenvalue weighted by atomic mass is 10.1. The fourth-order valence-corrected chi connectivity index (χ4v) is 2.57. The van der Waals surface area contributed by atoms with Gasteiger partial charge in [-0.05, 0) is 55.2 Å². The van der Waals surface area contributed by atoms with E-state index in [-0.39, 0.29) is 11.5 Å². The number of halogens is 3. The van der Waals surface area contributed by atoms with Crippen LogP contribution in [0.5, 0.6) is 0 Å². The summed E-state index contributed by atoms with van der Waals surface area (Å²) in [4.78, 5) is 24.1. The second-order valence-electron chi connectivity index (χ2n) is 6.47. The number of anilines is 2. The van der Waals surface area contributed by atoms with Gasteiger partial charge in [-0.25, -0.2) is 0 Å². The first kappa shape index (κ1) is 19.7. The molecule has 2 aromatic rings. The second-order valence-corrected chi connectivity index (χ2v) is 6.47. The first-order chi connectivity index (χ1) is 13.3. The summed E-state index contributed by atoms with van der Waals surface area (Å²) in [7, 11) is 0. The molecule has 3 rings (SSSR count). The molecule has 0 aliphatic heterocycles. The van der Waals surface area contributed by atoms with Crippen LogP contribution in [-0.4, -0.2) is 23.0 Å². The average molecular weight is 393 g/mol. The molecule has 1 atom stereocenters. The minimum absolute atomic E-state index is 0.0782. The fraction of sp³-hybridized carbons (Fsp3) is 0.263. The lowest BCUT2D eigenvalue weighted by molar-refractivity contribution is -0.137. The number of hydrazine groups is 1. The lowest BCUT2D eigenvalue weighted by Crippen LogP contribution is -2.47. The third-order valence-corrected chi connectivity index (χ3v) is 4.30. The molecule has 2 aromatic carbocycles. The van der Waals surface area contributed by atoms with Crippen molar-refractivity contribution in [2.45, 2.75) is 25.1 Å². The van der Waals surface area contributed by atoms with Crippen molar-refractivity contribution in [3.05, 3.63) is 59.7 Å². The third-order valence-electron chi connectivity index (χ3n) is 4.30. The number of hydrogen-bond donors (Lipinski definition) is 4. The number of aliphatic hydroxyl groups is 1. The first-order valence-electron chi connectivity index (χ1n) is 8.57. The highest BCUT2D eigenvalue weighted by Gasteiger charge is 2.34. The minimum atomic E-state index is -4.43. The van der Waals surface area contributed by atoms with Gasteiger partial charge in [0.25, 0.3) is 11.8 Å². The van der Waals surface area contributed by atoms with Gasteiger partial charge in [-0.3, -0.25) is 20.4 Å². The number of benzene rings is 2. The predicted molar refractivity (Wildman–Crippen MR) is 95.5 cm³/mol. The molecule has 1 saturated carbocycles. The van der Waals surface area contributed by atoms with E-state index in [1.807, 2.05) is 0 Å². The Morgan fingerprint density at radius 3 is 2.25 bits per heavy atom. The molecule has 1 fully saturated rings. The third kappa shape index (κ3) is 4.80. The molecular weight excluding hydrogens is 375 g/mol. The summed E-state index contributed by atoms with van der Waals surface area (Å²) in [6.07, 6.45) is -4.06. The van der Waals surface area contributed by atoms with Gasteiger partial charge in [0.05, 0.1) is 16.8 Å². The van der Waals surface area contributed by atoms with Crippen LogP contribution in [0.4, 0.5) is 24.5 Å². The van der Waals surface area contributed by atoms with Crippen LogP contribution in [0.2, 0.25) is 0 Å². The lowest BCUT2D eigenvalue weighted by Gasteiger charge is -2.15. The van der Waals surface area contributed by atoms with E-state index in [9.17, 15) is 27.9 Å². The van der Waals surface area contributed by atoms with E-state index in [1.165, 1.54) is 18.2 Å². The summed E-state index contributed by atoms with van der Waals surface area (Å²) in [5, 5.41) is 12.6. The zero-order valence-corrected chi connectivity index (χ0v) is 14.6. The zero-order valence-electron chi connectivity index (χ0n) is 14.6. The molecule has 0 aromatic heterocycles. The molecule has 148 valence electrons. The molecule has 1 aliphatic rings. The van der Waals surface area contributed by atoms with Crippen molar-refractivity contribution in [3.63, 3.8) is 0 Å². The van der Waals surface area contributed by atoms with Crippen LogP contribution in [0.3, 0.4) is 0 Å². The van der Waals surface area contributed by atoms with E-state index in [2.05, 4.69) is 16.2 Å². The zero-order chi connectivity index (χ0) is 20.3. The maximum atomic E-state index is 12.7. The predicted octanol–water partition coefficient (Wildman–Crippen LogP) is 2.98. The molecule has 9 heteroatoms. The van der Waals surface area contributed by atoms with E-state index in [4.69, 9.17) is 0 Å². The van der Waals surface area contributed by atoms with Crippen LogP contribution in [-0.2, 0) is 11.0 Å². The molecule has 0 saturated heterocycles. The Morgan fingerprint density at radius 1 is 1.00 bits per heavy atom. The van der Waals surface area contributed by atoms with Gasteiger partial charge >= 0.3 is 6.18 Å². The van der Waals surface area contributed by atoms with Crippen molar-refractivity contribution >= 4 is 23.2 Å². The monoisotopic (exact) mass is 393 g/mol. The summed E-state index contributed by atoms with van der Waals surface area (Å²) >= 11 is 0. The molecule has 2 amide bonds. The molecule has 0 radical (unpaired) electrons. The summed E-state index contributed by atoms with van der Waals surface area (Å²) in [5.41, 5.74) is 4.51. The topological polar surface area (TPSA) is 90.5 Å². The van der Waals surface area contributed by atoms with E-state index in [0.29, 0.717) is 11.4 Å². The maximum Gasteiger partial charge on any atom is 0.416 e. The Morgan fingerprint density at radius 2 is 1.64 bits per heavy atom. The molecule has 1 aliphatic carbocycles. The smallest absolute Gasteiger partial charge is 0.383 e. The number of carbonyl (C=O) groups excluding carboxylic acids is 2. The van der Waals surface area contributed by atoms with Crippen LogP contribution in [0.25, 0.3) is 0 Å². The van der Waals surface area contributed by atoms with Gasteiger partial charge in [0.2, 0.25) is 0 Å². The number of nitrogens with one attached hydrogen (secondary N) is 3. The highest BCUT2D eigenvalue weighted by molar-refractivity contribution is 6.01. The number of para-hydroxylation sites is 1. The number of alkyl halides is 3. The van der Waals surface area contributed by atoms with E-state index < -0.39 is 29.7 Å². The van der Waals surface area contributed by atoms with Crippen molar-refractivity contribution in [3.8, 4) is 0 Å². The van der Waals surface area contributed by atoms with Gasteiger partial charge in [-0.15, -0.1) is 0 Å². The molecule has 0 heterocycles. The summed E-state index contributed by atoms with van der Waals surface area (Å²) in [6.45, 7) is 0. The summed E-state index contributed by atoms with van der Waals surface area (Å²) in [5.74, 6) is -1.40. The van der Waals surface area contributed by atoms with Crippen molar-refractivity contribution < 1.29 is 27.9 Å². The molecule has 4 N–H and O–H groups in total. The van der Waals surface area contributed by atoms with E-state index in [1.54, 1.807) is 18.2 Å². The first-order valence-corrected chi connectivity index (χ1v) is 8.57. The Hall–Kier alpha value is -3.07. The van der Waals surface area contributed by atoms with Crippen molar-refractivity contribution in [1.82, 2.24) is 10.9 Å². The largest absolute Gasteiger partial charge is 0.416 e. The Labute approximate surface area is 158 Å². The summed E-state index contributed by atoms with van der Waals surface area (Å²) in [6, 6.07) is 10.7. The Kier molecular flexibility index (Phi) is 5.55. The second kappa shape index (κ2) is 7.89. The molecule has 1 unspecified atom stereocenters. The molecule has 6 nitrogen and oxygen atoms in total. The van der Waals surface area contributed by atoms with Gasteiger partial charge < -0.3 is 10.4 Å². The van der Waals surface area contributed by atoms with Gasteiger partial charge in [0.15, 0.2) is 0 Å². The highest BCUT2D eigenvalue weighted by Crippen LogP contribution is 2.32. The van der Waals surface area contributed by atoms with Gasteiger partial charge in [0.1, 0.15) is 6.10 Å². The Balaban J connectivity index is 1.66. The minimum Gasteiger partial charge on any atom is -0.383 e. The van der Waals surface area contributed by atoms with Crippen molar-refractivity contribution in [1.29, 1.82) is 0 Å². The van der Waals surface area contributed by atoms with Crippen LogP contribution < -0.4 is 16.2 Å². The normalized spacial score (nSPS) is 14.9. The fourth-order valence-electron chi connectivity index (χ4n) is 2.57. The number of hydrogen-bond acceptors (Lipinski definition) is 4. The number of aliphatic hydroxyl groups excluding tert-OH is 1. The van der Waals surface area contributed by atoms with Gasteiger partial charge in [-0.1, -0.05) is 12.1 Å². The number of rotatable bonds is 5. The maximum absolute atomic E-state index is 12.7. The van der Waals surface area contributed by atoms with Crippen LogP contribution in [0, 0.1) is 5.92 Å².